The van der Waals surface area contributed by atoms with Crippen molar-refractivity contribution in [3.05, 3.63) is 0 Å². The molecule has 0 heterocycles. The van der Waals surface area contributed by atoms with E-state index in [2.05, 4.69) is 26.1 Å². The second-order valence-corrected chi connectivity index (χ2v) is 13.4. The van der Waals surface area contributed by atoms with Crippen LogP contribution in [0.5, 0.6) is 0 Å². The molecule has 4 aliphatic carbocycles. The van der Waals surface area contributed by atoms with Crippen LogP contribution in [0, 0.1) is 46.3 Å². The number of hydrogen-bond acceptors (Lipinski definition) is 4. The topological polar surface area (TPSA) is 75.4 Å². The fourth-order valence-electron chi connectivity index (χ4n) is 9.73. The molecule has 0 radical (unpaired) electrons. The van der Waals surface area contributed by atoms with Crippen molar-refractivity contribution >= 4 is 5.78 Å². The highest BCUT2D eigenvalue weighted by Gasteiger charge is 2.62. The van der Waals surface area contributed by atoms with Crippen molar-refractivity contribution in [3.8, 4) is 0 Å². The van der Waals surface area contributed by atoms with Crippen LogP contribution in [0.2, 0.25) is 0 Å². The van der Waals surface area contributed by atoms with Gasteiger partial charge in [0.2, 0.25) is 0 Å². The van der Waals surface area contributed by atoms with E-state index >= 15 is 0 Å². The Labute approximate surface area is 209 Å². The highest BCUT2D eigenvalue weighted by atomic mass is 16.3. The maximum atomic E-state index is 12.0. The Bertz CT molecular complexity index is 697. The average Bonchev–Trinajstić information content (AvgIpc) is 3.18. The summed E-state index contributed by atoms with van der Waals surface area (Å²) in [5, 5.41) is 15.4. The van der Waals surface area contributed by atoms with E-state index in [1.54, 1.807) is 0 Å². The summed E-state index contributed by atoms with van der Waals surface area (Å²) in [5.74, 6) is 4.25. The molecule has 0 aromatic carbocycles. The van der Waals surface area contributed by atoms with E-state index in [1.807, 2.05) is 6.92 Å². The summed E-state index contributed by atoms with van der Waals surface area (Å²) < 4.78 is 0. The zero-order valence-electron chi connectivity index (χ0n) is 22.7. The van der Waals surface area contributed by atoms with Crippen LogP contribution in [0.3, 0.4) is 0 Å². The van der Waals surface area contributed by atoms with Crippen molar-refractivity contribution in [2.45, 2.75) is 123 Å². The minimum absolute atomic E-state index is 0.126. The fraction of sp³-hybridized carbons (Fsp3) is 0.967. The maximum absolute atomic E-state index is 12.0. The molecule has 0 bridgehead atoms. The van der Waals surface area contributed by atoms with Gasteiger partial charge >= 0.3 is 0 Å². The molecule has 0 spiro atoms. The van der Waals surface area contributed by atoms with Gasteiger partial charge in [-0.25, -0.2) is 0 Å². The minimum atomic E-state index is -0.126. The lowest BCUT2D eigenvalue weighted by atomic mass is 9.43. The number of ketones is 1. The Morgan fingerprint density at radius 1 is 1.06 bits per heavy atom. The van der Waals surface area contributed by atoms with Gasteiger partial charge in [-0.15, -0.1) is 0 Å². The van der Waals surface area contributed by atoms with Crippen molar-refractivity contribution in [3.63, 3.8) is 0 Å². The first kappa shape index (κ1) is 26.6. The quantitative estimate of drug-likeness (QED) is 0.355. The van der Waals surface area contributed by atoms with Crippen LogP contribution in [-0.4, -0.2) is 36.1 Å². The molecular formula is C30H54N2O2. The van der Waals surface area contributed by atoms with Crippen molar-refractivity contribution in [1.82, 2.24) is 5.32 Å². The van der Waals surface area contributed by atoms with Gasteiger partial charge in [-0.05, 0) is 130 Å². The largest absolute Gasteiger partial charge is 0.393 e. The Balaban J connectivity index is 1.42. The summed E-state index contributed by atoms with van der Waals surface area (Å²) in [6.07, 6.45) is 14.7. The summed E-state index contributed by atoms with van der Waals surface area (Å²) >= 11 is 0. The second kappa shape index (κ2) is 10.9. The lowest BCUT2D eigenvalue weighted by molar-refractivity contribution is -0.167. The third-order valence-corrected chi connectivity index (χ3v) is 11.8. The summed E-state index contributed by atoms with van der Waals surface area (Å²) in [5.41, 5.74) is 6.41. The predicted molar refractivity (Wildman–Crippen MR) is 140 cm³/mol. The Morgan fingerprint density at radius 2 is 1.79 bits per heavy atom. The number of Topliss-reactive ketones (excluding diaryl/α,β-unsaturated/α-hetero) is 1. The standard InChI is InChI=1S/C30H54N2O2/c1-5-23(33)9-8-20(2)24-10-11-25-28-26(13-15-30(24,25)4)29(3)14-12-22(32-17-7-6-16-31)18-21(29)19-27(28)34/h20-22,24-28,32,34H,5-19,31H2,1-4H3/t20-,21-,22+,24-,25?,26?,27-,28?,29+,30-/m1/s1. The number of hydrogen-bond donors (Lipinski definition) is 3. The van der Waals surface area contributed by atoms with Crippen LogP contribution in [0.25, 0.3) is 0 Å². The Morgan fingerprint density at radius 3 is 2.53 bits per heavy atom. The Kier molecular flexibility index (Phi) is 8.52. The smallest absolute Gasteiger partial charge is 0.132 e. The van der Waals surface area contributed by atoms with E-state index < -0.39 is 0 Å². The van der Waals surface area contributed by atoms with Crippen LogP contribution in [-0.2, 0) is 4.79 Å². The molecular weight excluding hydrogens is 420 g/mol. The van der Waals surface area contributed by atoms with Gasteiger partial charge in [0.1, 0.15) is 5.78 Å². The molecule has 0 saturated heterocycles. The number of unbranched alkanes of at least 4 members (excludes halogenated alkanes) is 1. The molecule has 4 heteroatoms. The molecule has 4 aliphatic rings. The van der Waals surface area contributed by atoms with E-state index in [9.17, 15) is 9.90 Å². The first-order valence-electron chi connectivity index (χ1n) is 14.9. The van der Waals surface area contributed by atoms with Crippen LogP contribution in [0.4, 0.5) is 0 Å². The number of aliphatic hydroxyl groups excluding tert-OH is 1. The van der Waals surface area contributed by atoms with E-state index in [-0.39, 0.29) is 6.10 Å². The van der Waals surface area contributed by atoms with Gasteiger partial charge in [-0.1, -0.05) is 27.7 Å². The molecule has 4 nitrogen and oxygen atoms in total. The van der Waals surface area contributed by atoms with Crippen molar-refractivity contribution in [1.29, 1.82) is 0 Å². The van der Waals surface area contributed by atoms with E-state index in [4.69, 9.17) is 5.73 Å². The van der Waals surface area contributed by atoms with Gasteiger partial charge in [0, 0.05) is 18.9 Å². The minimum Gasteiger partial charge on any atom is -0.393 e. The number of nitrogens with one attached hydrogen (secondary N) is 1. The van der Waals surface area contributed by atoms with Gasteiger partial charge in [0.15, 0.2) is 0 Å². The third kappa shape index (κ3) is 4.90. The predicted octanol–water partition coefficient (Wildman–Crippen LogP) is 5.71. The summed E-state index contributed by atoms with van der Waals surface area (Å²) in [7, 11) is 0. The van der Waals surface area contributed by atoms with Gasteiger partial charge in [0.25, 0.3) is 0 Å². The molecule has 4 saturated carbocycles. The summed E-state index contributed by atoms with van der Waals surface area (Å²) in [4.78, 5) is 12.0. The molecule has 0 aliphatic heterocycles. The van der Waals surface area contributed by atoms with Crippen molar-refractivity contribution in [2.24, 2.45) is 52.1 Å². The number of carbonyl (C=O) groups excluding carboxylic acids is 1. The number of fused-ring (bicyclic) bond motifs is 5. The lowest BCUT2D eigenvalue weighted by Crippen LogP contribution is -2.59. The molecule has 4 N–H and O–H groups in total. The molecule has 4 fully saturated rings. The lowest BCUT2D eigenvalue weighted by Gasteiger charge is -2.62. The summed E-state index contributed by atoms with van der Waals surface area (Å²) in [6, 6.07) is 0.621. The van der Waals surface area contributed by atoms with E-state index in [1.165, 1.54) is 51.4 Å². The van der Waals surface area contributed by atoms with Crippen LogP contribution in [0.15, 0.2) is 0 Å². The average molecular weight is 475 g/mol. The molecule has 0 aromatic rings. The molecule has 10 atom stereocenters. The zero-order chi connectivity index (χ0) is 24.5. The number of rotatable bonds is 10. The first-order chi connectivity index (χ1) is 16.2. The summed E-state index contributed by atoms with van der Waals surface area (Å²) in [6.45, 7) is 11.4. The van der Waals surface area contributed by atoms with Crippen LogP contribution < -0.4 is 11.1 Å². The van der Waals surface area contributed by atoms with E-state index in [0.717, 1.165) is 38.8 Å². The van der Waals surface area contributed by atoms with Gasteiger partial charge in [-0.2, -0.15) is 0 Å². The second-order valence-electron chi connectivity index (χ2n) is 13.4. The molecule has 0 amide bonds. The highest BCUT2D eigenvalue weighted by molar-refractivity contribution is 5.77. The van der Waals surface area contributed by atoms with Crippen LogP contribution >= 0.6 is 0 Å². The Hall–Kier alpha value is -0.450. The maximum Gasteiger partial charge on any atom is 0.132 e. The normalized spacial score (nSPS) is 44.7. The zero-order valence-corrected chi connectivity index (χ0v) is 22.7. The fourth-order valence-corrected chi connectivity index (χ4v) is 9.73. The van der Waals surface area contributed by atoms with Gasteiger partial charge in [0.05, 0.1) is 6.10 Å². The van der Waals surface area contributed by atoms with Crippen LogP contribution in [0.1, 0.15) is 111 Å². The first-order valence-corrected chi connectivity index (χ1v) is 14.9. The molecule has 4 rings (SSSR count). The highest BCUT2D eigenvalue weighted by Crippen LogP contribution is 2.68. The SMILES string of the molecule is CCC(=O)CC[C@@H](C)[C@H]1CCC2C3C(CC[C@@]21C)[C@@]1(C)CC[C@H](NCCCCN)C[C@@H]1C[C@H]3O. The molecule has 34 heavy (non-hydrogen) atoms. The number of carbonyl (C=O) groups is 1. The number of aliphatic hydroxyl groups is 1. The third-order valence-electron chi connectivity index (χ3n) is 11.8. The van der Waals surface area contributed by atoms with Gasteiger partial charge in [-0.3, -0.25) is 4.79 Å². The van der Waals surface area contributed by atoms with Gasteiger partial charge < -0.3 is 16.2 Å². The van der Waals surface area contributed by atoms with Crippen molar-refractivity contribution in [2.75, 3.05) is 13.1 Å². The van der Waals surface area contributed by atoms with Crippen molar-refractivity contribution < 1.29 is 9.90 Å². The molecule has 196 valence electrons. The van der Waals surface area contributed by atoms with E-state index in [0.29, 0.717) is 64.6 Å². The number of nitrogens with two attached hydrogens (primary N) is 1. The monoisotopic (exact) mass is 474 g/mol. The molecule has 3 unspecified atom stereocenters. The molecule has 0 aromatic heterocycles.